The monoisotopic (exact) mass is 193 g/mol. The van der Waals surface area contributed by atoms with E-state index in [-0.39, 0.29) is 0 Å². The van der Waals surface area contributed by atoms with Crippen LogP contribution < -0.4 is 0 Å². The summed E-state index contributed by atoms with van der Waals surface area (Å²) in [6.45, 7) is 4.06. The van der Waals surface area contributed by atoms with Crippen LogP contribution in [0.25, 0.3) is 10.6 Å². The van der Waals surface area contributed by atoms with Crippen LogP contribution in [-0.4, -0.2) is 14.8 Å². The largest absolute Gasteiger partial charge is 0.267 e. The highest BCUT2D eigenvalue weighted by Crippen LogP contribution is 2.28. The summed E-state index contributed by atoms with van der Waals surface area (Å²) >= 11 is 1.71. The molecule has 0 atom stereocenters. The lowest BCUT2D eigenvalue weighted by molar-refractivity contribution is 0.776. The van der Waals surface area contributed by atoms with Crippen molar-refractivity contribution < 1.29 is 0 Å². The topological polar surface area (TPSA) is 30.7 Å². The molecule has 0 fully saturated rings. The Morgan fingerprint density at radius 2 is 2.15 bits per heavy atom. The zero-order valence-electron chi connectivity index (χ0n) is 7.90. The smallest absolute Gasteiger partial charge is 0.0904 e. The molecule has 2 rings (SSSR count). The molecule has 0 aliphatic rings. The number of hydrogen-bond acceptors (Lipinski definition) is 3. The maximum atomic E-state index is 4.39. The van der Waals surface area contributed by atoms with Gasteiger partial charge in [-0.3, -0.25) is 4.68 Å². The Bertz CT molecular complexity index is 428. The standard InChI is InChI=1S/C9H11N3S/c1-6-9(13-7(2)11-6)8-4-5-10-12(8)3/h4-5H,1-3H3. The van der Waals surface area contributed by atoms with E-state index in [1.807, 2.05) is 37.8 Å². The zero-order chi connectivity index (χ0) is 9.42. The van der Waals surface area contributed by atoms with Crippen molar-refractivity contribution in [1.82, 2.24) is 14.8 Å². The minimum Gasteiger partial charge on any atom is -0.267 e. The summed E-state index contributed by atoms with van der Waals surface area (Å²) < 4.78 is 1.87. The first-order valence-corrected chi connectivity index (χ1v) is 4.92. The number of aromatic nitrogens is 3. The molecule has 0 saturated heterocycles. The highest BCUT2D eigenvalue weighted by molar-refractivity contribution is 7.15. The minimum atomic E-state index is 1.09. The molecule has 0 aliphatic carbocycles. The second-order valence-corrected chi connectivity index (χ2v) is 4.19. The van der Waals surface area contributed by atoms with Gasteiger partial charge in [0, 0.05) is 13.2 Å². The molecule has 13 heavy (non-hydrogen) atoms. The molecule has 0 amide bonds. The molecular formula is C9H11N3S. The third kappa shape index (κ3) is 1.37. The molecule has 2 aromatic heterocycles. The summed E-state index contributed by atoms with van der Waals surface area (Å²) in [4.78, 5) is 5.61. The third-order valence-electron chi connectivity index (χ3n) is 1.96. The number of aryl methyl sites for hydroxylation is 3. The van der Waals surface area contributed by atoms with Gasteiger partial charge in [0.2, 0.25) is 0 Å². The Balaban J connectivity index is 2.58. The predicted molar refractivity (Wildman–Crippen MR) is 53.8 cm³/mol. The summed E-state index contributed by atoms with van der Waals surface area (Å²) in [6, 6.07) is 2.01. The van der Waals surface area contributed by atoms with Crippen molar-refractivity contribution in [2.45, 2.75) is 13.8 Å². The lowest BCUT2D eigenvalue weighted by Crippen LogP contribution is -1.92. The van der Waals surface area contributed by atoms with E-state index < -0.39 is 0 Å². The number of thiazole rings is 1. The highest BCUT2D eigenvalue weighted by atomic mass is 32.1. The molecule has 0 aliphatic heterocycles. The van der Waals surface area contributed by atoms with Gasteiger partial charge in [-0.25, -0.2) is 4.98 Å². The van der Waals surface area contributed by atoms with Crippen LogP contribution in [0, 0.1) is 13.8 Å². The van der Waals surface area contributed by atoms with Gasteiger partial charge in [0.1, 0.15) is 0 Å². The fraction of sp³-hybridized carbons (Fsp3) is 0.333. The predicted octanol–water partition coefficient (Wildman–Crippen LogP) is 2.16. The second-order valence-electron chi connectivity index (χ2n) is 2.99. The summed E-state index contributed by atoms with van der Waals surface area (Å²) in [6.07, 6.45) is 1.81. The van der Waals surface area contributed by atoms with Gasteiger partial charge >= 0.3 is 0 Å². The molecule has 3 nitrogen and oxygen atoms in total. The second kappa shape index (κ2) is 2.96. The van der Waals surface area contributed by atoms with Crippen LogP contribution in [0.2, 0.25) is 0 Å². The Labute approximate surface area is 81.1 Å². The summed E-state index contributed by atoms with van der Waals surface area (Å²) in [5, 5.41) is 5.24. The quantitative estimate of drug-likeness (QED) is 0.695. The van der Waals surface area contributed by atoms with Crippen LogP contribution in [0.5, 0.6) is 0 Å². The van der Waals surface area contributed by atoms with Crippen molar-refractivity contribution in [2.24, 2.45) is 7.05 Å². The van der Waals surface area contributed by atoms with Crippen molar-refractivity contribution in [2.75, 3.05) is 0 Å². The normalized spacial score (nSPS) is 10.7. The van der Waals surface area contributed by atoms with E-state index in [4.69, 9.17) is 0 Å². The summed E-state index contributed by atoms with van der Waals surface area (Å²) in [5.74, 6) is 0. The van der Waals surface area contributed by atoms with Gasteiger partial charge in [-0.15, -0.1) is 11.3 Å². The van der Waals surface area contributed by atoms with Crippen molar-refractivity contribution >= 4 is 11.3 Å². The Morgan fingerprint density at radius 1 is 1.38 bits per heavy atom. The van der Waals surface area contributed by atoms with Crippen molar-refractivity contribution in [3.05, 3.63) is 23.0 Å². The van der Waals surface area contributed by atoms with Gasteiger partial charge < -0.3 is 0 Å². The molecular weight excluding hydrogens is 182 g/mol. The van der Waals surface area contributed by atoms with Crippen molar-refractivity contribution in [3.8, 4) is 10.6 Å². The van der Waals surface area contributed by atoms with Gasteiger partial charge in [-0.05, 0) is 19.9 Å². The first kappa shape index (κ1) is 8.44. The van der Waals surface area contributed by atoms with Crippen LogP contribution in [0.3, 0.4) is 0 Å². The van der Waals surface area contributed by atoms with E-state index in [0.29, 0.717) is 0 Å². The first-order valence-electron chi connectivity index (χ1n) is 4.11. The van der Waals surface area contributed by atoms with Gasteiger partial charge in [0.25, 0.3) is 0 Å². The summed E-state index contributed by atoms with van der Waals surface area (Å²) in [5.41, 5.74) is 2.23. The lowest BCUT2D eigenvalue weighted by Gasteiger charge is -1.97. The fourth-order valence-corrected chi connectivity index (χ4v) is 2.34. The van der Waals surface area contributed by atoms with Crippen LogP contribution in [0.1, 0.15) is 10.7 Å². The molecule has 4 heteroatoms. The molecule has 0 N–H and O–H groups in total. The SMILES string of the molecule is Cc1nc(C)c(-c2ccnn2C)s1. The highest BCUT2D eigenvalue weighted by Gasteiger charge is 2.09. The molecule has 0 spiro atoms. The third-order valence-corrected chi connectivity index (χ3v) is 3.05. The Morgan fingerprint density at radius 3 is 2.62 bits per heavy atom. The van der Waals surface area contributed by atoms with Crippen LogP contribution >= 0.6 is 11.3 Å². The molecule has 0 bridgehead atoms. The van der Waals surface area contributed by atoms with E-state index >= 15 is 0 Å². The fourth-order valence-electron chi connectivity index (χ4n) is 1.37. The van der Waals surface area contributed by atoms with E-state index in [9.17, 15) is 0 Å². The van der Waals surface area contributed by atoms with E-state index in [1.54, 1.807) is 11.3 Å². The number of nitrogens with zero attached hydrogens (tertiary/aromatic N) is 3. The molecule has 0 unspecified atom stereocenters. The Hall–Kier alpha value is -1.16. The maximum Gasteiger partial charge on any atom is 0.0904 e. The Kier molecular flexibility index (Phi) is 1.92. The number of rotatable bonds is 1. The average molecular weight is 193 g/mol. The molecule has 0 aromatic carbocycles. The maximum absolute atomic E-state index is 4.39. The first-order chi connectivity index (χ1) is 6.18. The zero-order valence-corrected chi connectivity index (χ0v) is 8.72. The van der Waals surface area contributed by atoms with Gasteiger partial charge in [-0.2, -0.15) is 5.10 Å². The van der Waals surface area contributed by atoms with Crippen molar-refractivity contribution in [1.29, 1.82) is 0 Å². The van der Waals surface area contributed by atoms with Gasteiger partial charge in [0.05, 0.1) is 21.3 Å². The van der Waals surface area contributed by atoms with Gasteiger partial charge in [-0.1, -0.05) is 0 Å². The van der Waals surface area contributed by atoms with Crippen LogP contribution in [0.15, 0.2) is 12.3 Å². The van der Waals surface area contributed by atoms with E-state index in [0.717, 1.165) is 16.4 Å². The van der Waals surface area contributed by atoms with E-state index in [2.05, 4.69) is 10.1 Å². The van der Waals surface area contributed by atoms with Gasteiger partial charge in [0.15, 0.2) is 0 Å². The average Bonchev–Trinajstić information content (AvgIpc) is 2.58. The molecule has 2 heterocycles. The molecule has 0 saturated carbocycles. The lowest BCUT2D eigenvalue weighted by atomic mass is 10.3. The number of hydrogen-bond donors (Lipinski definition) is 0. The van der Waals surface area contributed by atoms with Crippen LogP contribution in [0.4, 0.5) is 0 Å². The minimum absolute atomic E-state index is 1.09. The molecule has 68 valence electrons. The van der Waals surface area contributed by atoms with Crippen molar-refractivity contribution in [3.63, 3.8) is 0 Å². The summed E-state index contributed by atoms with van der Waals surface area (Å²) in [7, 11) is 1.95. The molecule has 2 aromatic rings. The van der Waals surface area contributed by atoms with Crippen LogP contribution in [-0.2, 0) is 7.05 Å². The van der Waals surface area contributed by atoms with E-state index in [1.165, 1.54) is 4.88 Å². The molecule has 0 radical (unpaired) electrons.